The molecule has 5 rings (SSSR count). The van der Waals surface area contributed by atoms with E-state index in [9.17, 15) is 13.2 Å². The van der Waals surface area contributed by atoms with Gasteiger partial charge in [-0.3, -0.25) is 14.8 Å². The number of nitrogens with zero attached hydrogens (tertiary/aromatic N) is 2. The molecule has 0 radical (unpaired) electrons. The second-order valence-corrected chi connectivity index (χ2v) is 12.3. The molecule has 0 bridgehead atoms. The van der Waals surface area contributed by atoms with E-state index in [0.717, 1.165) is 50.7 Å². The van der Waals surface area contributed by atoms with Crippen LogP contribution in [0.15, 0.2) is 83.8 Å². The summed E-state index contributed by atoms with van der Waals surface area (Å²) in [6.07, 6.45) is 0. The lowest BCUT2D eigenvalue weighted by molar-refractivity contribution is 0.102. The van der Waals surface area contributed by atoms with Crippen LogP contribution in [0.25, 0.3) is 11.4 Å². The summed E-state index contributed by atoms with van der Waals surface area (Å²) in [6.45, 7) is 9.51. The van der Waals surface area contributed by atoms with Crippen molar-refractivity contribution in [3.8, 4) is 22.9 Å². The summed E-state index contributed by atoms with van der Waals surface area (Å²) in [5.74, 6) is 1.45. The molecule has 0 spiro atoms. The van der Waals surface area contributed by atoms with Crippen LogP contribution in [0.2, 0.25) is 0 Å². The number of sulfonamides is 1. The van der Waals surface area contributed by atoms with Crippen molar-refractivity contribution in [2.75, 3.05) is 10.0 Å². The van der Waals surface area contributed by atoms with Crippen LogP contribution in [0.5, 0.6) is 11.5 Å². The van der Waals surface area contributed by atoms with Gasteiger partial charge in [-0.1, -0.05) is 30.3 Å². The normalized spacial score (nSPS) is 11.3. The number of aromatic nitrogens is 2. The van der Waals surface area contributed by atoms with E-state index in [0.29, 0.717) is 28.0 Å². The van der Waals surface area contributed by atoms with E-state index in [1.54, 1.807) is 24.3 Å². The SMILES string of the molecule is Cc1c(C)c(C)c(S(=O)(=O)Nc2ccc(C(=O)Nc3nc(-c4cccc(Oc5ccccc5)c4)ns3)cc2)c(C)c1C. The van der Waals surface area contributed by atoms with Gasteiger partial charge in [0.2, 0.25) is 5.13 Å². The van der Waals surface area contributed by atoms with E-state index < -0.39 is 10.0 Å². The van der Waals surface area contributed by atoms with Gasteiger partial charge in [0.25, 0.3) is 15.9 Å². The fraction of sp³-hybridized carbons (Fsp3) is 0.156. The highest BCUT2D eigenvalue weighted by atomic mass is 32.2. The quantitative estimate of drug-likeness (QED) is 0.190. The molecule has 8 nitrogen and oxygen atoms in total. The first kappa shape index (κ1) is 29.0. The minimum Gasteiger partial charge on any atom is -0.457 e. The smallest absolute Gasteiger partial charge is 0.262 e. The van der Waals surface area contributed by atoms with Gasteiger partial charge in [0.15, 0.2) is 5.82 Å². The lowest BCUT2D eigenvalue weighted by Crippen LogP contribution is -2.18. The molecule has 0 fully saturated rings. The molecule has 10 heteroatoms. The summed E-state index contributed by atoms with van der Waals surface area (Å²) in [6, 6.07) is 23.1. The molecule has 0 aliphatic rings. The molecule has 0 atom stereocenters. The van der Waals surface area contributed by atoms with Gasteiger partial charge in [-0.2, -0.15) is 9.36 Å². The maximum absolute atomic E-state index is 13.3. The molecular formula is C32H30N4O4S2. The molecule has 214 valence electrons. The highest BCUT2D eigenvalue weighted by Gasteiger charge is 2.24. The van der Waals surface area contributed by atoms with Gasteiger partial charge < -0.3 is 4.74 Å². The maximum Gasteiger partial charge on any atom is 0.262 e. The molecule has 0 saturated heterocycles. The van der Waals surface area contributed by atoms with Crippen LogP contribution in [-0.2, 0) is 10.0 Å². The second-order valence-electron chi connectivity index (χ2n) is 9.96. The van der Waals surface area contributed by atoms with Crippen LogP contribution in [-0.4, -0.2) is 23.7 Å². The van der Waals surface area contributed by atoms with Gasteiger partial charge in [0.05, 0.1) is 4.90 Å². The molecule has 1 aromatic heterocycles. The molecule has 0 aliphatic heterocycles. The molecule has 2 N–H and O–H groups in total. The molecule has 0 aliphatic carbocycles. The standard InChI is InChI=1S/C32H30N4O4S2/c1-19-20(2)22(4)29(23(5)21(19)3)42(38,39)36-26-16-14-24(15-17-26)31(37)34-32-33-30(35-41-32)25-10-9-13-28(18-25)40-27-11-7-6-8-12-27/h6-18,36H,1-5H3,(H,33,34,35,37). The summed E-state index contributed by atoms with van der Waals surface area (Å²) < 4.78 is 39.6. The fourth-order valence-electron chi connectivity index (χ4n) is 4.65. The van der Waals surface area contributed by atoms with Gasteiger partial charge in [-0.05, 0) is 111 Å². The van der Waals surface area contributed by atoms with Crippen LogP contribution >= 0.6 is 11.5 Å². The summed E-state index contributed by atoms with van der Waals surface area (Å²) in [4.78, 5) is 17.6. The van der Waals surface area contributed by atoms with Crippen LogP contribution in [0.1, 0.15) is 38.2 Å². The van der Waals surface area contributed by atoms with Crippen LogP contribution in [0.4, 0.5) is 10.8 Å². The topological polar surface area (TPSA) is 110 Å². The Morgan fingerprint density at radius 1 is 0.762 bits per heavy atom. The third-order valence-electron chi connectivity index (χ3n) is 7.32. The Bertz CT molecular complexity index is 1860. The van der Waals surface area contributed by atoms with Crippen molar-refractivity contribution in [3.63, 3.8) is 0 Å². The lowest BCUT2D eigenvalue weighted by Gasteiger charge is -2.19. The van der Waals surface area contributed by atoms with Gasteiger partial charge in [-0.25, -0.2) is 8.42 Å². The highest BCUT2D eigenvalue weighted by molar-refractivity contribution is 7.92. The van der Waals surface area contributed by atoms with Crippen molar-refractivity contribution in [1.82, 2.24) is 9.36 Å². The predicted molar refractivity (Wildman–Crippen MR) is 167 cm³/mol. The van der Waals surface area contributed by atoms with Crippen molar-refractivity contribution < 1.29 is 17.9 Å². The van der Waals surface area contributed by atoms with Crippen molar-refractivity contribution in [2.45, 2.75) is 39.5 Å². The number of hydrogen-bond donors (Lipinski definition) is 2. The van der Waals surface area contributed by atoms with E-state index >= 15 is 0 Å². The third-order valence-corrected chi connectivity index (χ3v) is 9.60. The molecule has 4 aromatic carbocycles. The number of hydrogen-bond acceptors (Lipinski definition) is 7. The van der Waals surface area contributed by atoms with Crippen molar-refractivity contribution in [3.05, 3.63) is 112 Å². The number of carbonyl (C=O) groups excluding carboxylic acids is 1. The number of para-hydroxylation sites is 1. The number of rotatable bonds is 8. The monoisotopic (exact) mass is 598 g/mol. The lowest BCUT2D eigenvalue weighted by atomic mass is 9.95. The van der Waals surface area contributed by atoms with Gasteiger partial charge >= 0.3 is 0 Å². The van der Waals surface area contributed by atoms with Crippen molar-refractivity contribution in [1.29, 1.82) is 0 Å². The second kappa shape index (κ2) is 11.8. The van der Waals surface area contributed by atoms with E-state index in [4.69, 9.17) is 4.74 Å². The van der Waals surface area contributed by atoms with Gasteiger partial charge in [-0.15, -0.1) is 0 Å². The van der Waals surface area contributed by atoms with E-state index in [-0.39, 0.29) is 10.8 Å². The molecule has 1 amide bonds. The molecule has 1 heterocycles. The minimum atomic E-state index is -3.84. The maximum atomic E-state index is 13.3. The number of carbonyl (C=O) groups is 1. The predicted octanol–water partition coefficient (Wildman–Crippen LogP) is 7.59. The molecular weight excluding hydrogens is 569 g/mol. The summed E-state index contributed by atoms with van der Waals surface area (Å²) >= 11 is 1.07. The molecule has 5 aromatic rings. The van der Waals surface area contributed by atoms with E-state index in [1.165, 1.54) is 0 Å². The van der Waals surface area contributed by atoms with Gasteiger partial charge in [0, 0.05) is 28.3 Å². The minimum absolute atomic E-state index is 0.286. The Hall–Kier alpha value is -4.54. The first-order valence-electron chi connectivity index (χ1n) is 13.2. The highest BCUT2D eigenvalue weighted by Crippen LogP contribution is 2.31. The number of ether oxygens (including phenoxy) is 1. The average molecular weight is 599 g/mol. The zero-order chi connectivity index (χ0) is 30.0. The van der Waals surface area contributed by atoms with Crippen LogP contribution < -0.4 is 14.8 Å². The third kappa shape index (κ3) is 6.05. The zero-order valence-corrected chi connectivity index (χ0v) is 25.5. The Morgan fingerprint density at radius 3 is 2.05 bits per heavy atom. The summed E-state index contributed by atoms with van der Waals surface area (Å²) in [5.41, 5.74) is 5.92. The zero-order valence-electron chi connectivity index (χ0n) is 23.8. The number of nitrogens with one attached hydrogen (secondary N) is 2. The molecule has 42 heavy (non-hydrogen) atoms. The number of benzene rings is 4. The van der Waals surface area contributed by atoms with Crippen molar-refractivity contribution >= 4 is 38.3 Å². The first-order chi connectivity index (χ1) is 20.0. The van der Waals surface area contributed by atoms with Gasteiger partial charge in [0.1, 0.15) is 11.5 Å². The summed E-state index contributed by atoms with van der Waals surface area (Å²) in [5, 5.41) is 3.10. The first-order valence-corrected chi connectivity index (χ1v) is 15.5. The Kier molecular flexibility index (Phi) is 8.11. The van der Waals surface area contributed by atoms with Crippen LogP contribution in [0.3, 0.4) is 0 Å². The Labute approximate surface area is 249 Å². The average Bonchev–Trinajstić information content (AvgIpc) is 3.44. The fourth-order valence-corrected chi connectivity index (χ4v) is 6.89. The van der Waals surface area contributed by atoms with E-state index in [1.807, 2.05) is 89.2 Å². The molecule has 0 saturated carbocycles. The largest absolute Gasteiger partial charge is 0.457 e. The summed E-state index contributed by atoms with van der Waals surface area (Å²) in [7, 11) is -3.84. The van der Waals surface area contributed by atoms with E-state index in [2.05, 4.69) is 19.4 Å². The van der Waals surface area contributed by atoms with Crippen molar-refractivity contribution in [2.24, 2.45) is 0 Å². The molecule has 0 unspecified atom stereocenters. The van der Waals surface area contributed by atoms with Crippen LogP contribution in [0, 0.1) is 34.6 Å². The Morgan fingerprint density at radius 2 is 1.38 bits per heavy atom. The number of anilines is 2. The Balaban J connectivity index is 1.27. The number of amides is 1.